The lowest BCUT2D eigenvalue weighted by Gasteiger charge is -2.11. The second kappa shape index (κ2) is 8.69. The highest BCUT2D eigenvalue weighted by molar-refractivity contribution is 5.94. The average molecular weight is 424 g/mol. The zero-order valence-electron chi connectivity index (χ0n) is 15.5. The largest absolute Gasteiger partial charge is 0.508 e. The van der Waals surface area contributed by atoms with E-state index in [4.69, 9.17) is 9.47 Å². The smallest absolute Gasteiger partial charge is 0.343 e. The van der Waals surface area contributed by atoms with Crippen molar-refractivity contribution in [3.8, 4) is 17.2 Å². The second-order valence-electron chi connectivity index (χ2n) is 6.02. The fourth-order valence-corrected chi connectivity index (χ4v) is 2.47. The van der Waals surface area contributed by atoms with E-state index in [0.717, 1.165) is 24.3 Å². The molecule has 0 unspecified atom stereocenters. The Hall–Kier alpha value is -4.80. The molecule has 3 rings (SSSR count). The van der Waals surface area contributed by atoms with E-state index >= 15 is 0 Å². The monoisotopic (exact) mass is 424 g/mol. The highest BCUT2D eigenvalue weighted by Gasteiger charge is 2.19. The summed E-state index contributed by atoms with van der Waals surface area (Å²) >= 11 is 0. The van der Waals surface area contributed by atoms with Gasteiger partial charge in [0.1, 0.15) is 5.75 Å². The van der Waals surface area contributed by atoms with Crippen LogP contribution < -0.4 is 9.47 Å². The van der Waals surface area contributed by atoms with Crippen LogP contribution in [-0.4, -0.2) is 26.9 Å². The van der Waals surface area contributed by atoms with Crippen molar-refractivity contribution >= 4 is 23.3 Å². The minimum Gasteiger partial charge on any atom is -0.508 e. The molecule has 0 radical (unpaired) electrons. The molecule has 0 amide bonds. The Kier molecular flexibility index (Phi) is 5.87. The lowest BCUT2D eigenvalue weighted by molar-refractivity contribution is -0.385. The first-order valence-electron chi connectivity index (χ1n) is 8.51. The Bertz CT molecular complexity index is 1210. The van der Waals surface area contributed by atoms with Crippen LogP contribution in [0.5, 0.6) is 17.2 Å². The summed E-state index contributed by atoms with van der Waals surface area (Å²) in [4.78, 5) is 45.2. The number of carbonyl (C=O) groups is 2. The van der Waals surface area contributed by atoms with Crippen molar-refractivity contribution in [3.63, 3.8) is 0 Å². The number of phenolic OH excluding ortho intramolecular Hbond substituents is 1. The van der Waals surface area contributed by atoms with Gasteiger partial charge in [0.2, 0.25) is 0 Å². The molecule has 0 atom stereocenters. The molecular formula is C20H12N2O9. The molecule has 3 aromatic carbocycles. The van der Waals surface area contributed by atoms with Gasteiger partial charge in [-0.15, -0.1) is 0 Å². The number of phenols is 1. The highest BCUT2D eigenvalue weighted by atomic mass is 16.6. The molecule has 0 bridgehead atoms. The van der Waals surface area contributed by atoms with E-state index in [1.807, 2.05) is 0 Å². The Morgan fingerprint density at radius 1 is 0.710 bits per heavy atom. The fraction of sp³-hybridized carbons (Fsp3) is 0. The molecule has 0 spiro atoms. The summed E-state index contributed by atoms with van der Waals surface area (Å²) in [6, 6.07) is 12.9. The van der Waals surface area contributed by atoms with Crippen molar-refractivity contribution in [1.29, 1.82) is 0 Å². The average Bonchev–Trinajstić information content (AvgIpc) is 2.75. The molecule has 0 aliphatic heterocycles. The maximum Gasteiger partial charge on any atom is 0.343 e. The number of ether oxygens (including phenoxy) is 2. The maximum absolute atomic E-state index is 12.4. The first-order valence-corrected chi connectivity index (χ1v) is 8.51. The van der Waals surface area contributed by atoms with Gasteiger partial charge in [0.05, 0.1) is 21.0 Å². The first-order chi connectivity index (χ1) is 14.7. The van der Waals surface area contributed by atoms with E-state index in [2.05, 4.69) is 0 Å². The van der Waals surface area contributed by atoms with Gasteiger partial charge in [-0.2, -0.15) is 0 Å². The van der Waals surface area contributed by atoms with Crippen molar-refractivity contribution in [3.05, 3.63) is 98.1 Å². The summed E-state index contributed by atoms with van der Waals surface area (Å²) in [6.07, 6.45) is 0. The number of hydrogen-bond acceptors (Lipinski definition) is 9. The van der Waals surface area contributed by atoms with Crippen molar-refractivity contribution in [2.75, 3.05) is 0 Å². The molecule has 31 heavy (non-hydrogen) atoms. The third-order valence-corrected chi connectivity index (χ3v) is 3.92. The van der Waals surface area contributed by atoms with Gasteiger partial charge in [-0.1, -0.05) is 12.1 Å². The van der Waals surface area contributed by atoms with Gasteiger partial charge < -0.3 is 14.6 Å². The normalized spacial score (nSPS) is 10.2. The molecule has 11 heteroatoms. The van der Waals surface area contributed by atoms with Crippen LogP contribution >= 0.6 is 0 Å². The number of hydrogen-bond donors (Lipinski definition) is 1. The zero-order chi connectivity index (χ0) is 22.5. The molecule has 156 valence electrons. The van der Waals surface area contributed by atoms with Crippen LogP contribution in [0.25, 0.3) is 0 Å². The number of rotatable bonds is 6. The molecule has 0 aliphatic carbocycles. The number of nitro groups is 2. The SMILES string of the molecule is O=C(Oc1ccc(O)cc1OC(=O)c1cccc([N+](=O)[O-])c1)c1cccc([N+](=O)[O-])c1. The van der Waals surface area contributed by atoms with Crippen LogP contribution in [0, 0.1) is 20.2 Å². The number of nitrogens with zero attached hydrogens (tertiary/aromatic N) is 2. The molecular weight excluding hydrogens is 412 g/mol. The van der Waals surface area contributed by atoms with E-state index in [-0.39, 0.29) is 39.8 Å². The molecule has 0 saturated heterocycles. The third-order valence-electron chi connectivity index (χ3n) is 3.92. The molecule has 0 heterocycles. The van der Waals surface area contributed by atoms with Crippen molar-refractivity contribution < 1.29 is 34.0 Å². The first kappa shape index (κ1) is 20.9. The van der Waals surface area contributed by atoms with Crippen LogP contribution in [0.4, 0.5) is 11.4 Å². The lowest BCUT2D eigenvalue weighted by atomic mass is 10.2. The molecule has 11 nitrogen and oxygen atoms in total. The number of aromatic hydroxyl groups is 1. The second-order valence-corrected chi connectivity index (χ2v) is 6.02. The predicted octanol–water partition coefficient (Wildman–Crippen LogP) is 3.65. The van der Waals surface area contributed by atoms with Crippen molar-refractivity contribution in [2.24, 2.45) is 0 Å². The molecule has 0 aliphatic rings. The van der Waals surface area contributed by atoms with Crippen LogP contribution in [0.15, 0.2) is 66.7 Å². The maximum atomic E-state index is 12.4. The standard InChI is InChI=1S/C20H12N2O9/c23-16-7-8-17(30-19(24)12-3-1-5-14(9-12)21(26)27)18(11-16)31-20(25)13-4-2-6-15(10-13)22(28)29/h1-11,23H. The number of non-ortho nitro benzene ring substituents is 2. The Morgan fingerprint density at radius 3 is 1.68 bits per heavy atom. The summed E-state index contributed by atoms with van der Waals surface area (Å²) in [6.45, 7) is 0. The van der Waals surface area contributed by atoms with Crippen molar-refractivity contribution in [1.82, 2.24) is 0 Å². The molecule has 0 saturated carbocycles. The van der Waals surface area contributed by atoms with E-state index in [9.17, 15) is 34.9 Å². The number of nitro benzene ring substituents is 2. The molecule has 0 fully saturated rings. The summed E-state index contributed by atoms with van der Waals surface area (Å²) in [5.41, 5.74) is -0.924. The van der Waals surface area contributed by atoms with Gasteiger partial charge in [0.15, 0.2) is 11.5 Å². The molecule has 3 aromatic rings. The molecule has 1 N–H and O–H groups in total. The Labute approximate surface area is 173 Å². The van der Waals surface area contributed by atoms with E-state index in [1.54, 1.807) is 0 Å². The van der Waals surface area contributed by atoms with E-state index in [1.165, 1.54) is 42.5 Å². The van der Waals surface area contributed by atoms with Gasteiger partial charge in [-0.3, -0.25) is 20.2 Å². The third kappa shape index (κ3) is 4.98. The van der Waals surface area contributed by atoms with Crippen LogP contribution in [0.1, 0.15) is 20.7 Å². The number of benzene rings is 3. The Balaban J connectivity index is 1.85. The van der Waals surface area contributed by atoms with Gasteiger partial charge in [0.25, 0.3) is 11.4 Å². The Morgan fingerprint density at radius 2 is 1.19 bits per heavy atom. The van der Waals surface area contributed by atoms with Gasteiger partial charge in [-0.05, 0) is 24.3 Å². The van der Waals surface area contributed by atoms with Gasteiger partial charge in [-0.25, -0.2) is 9.59 Å². The summed E-state index contributed by atoms with van der Waals surface area (Å²) in [5, 5.41) is 31.4. The summed E-state index contributed by atoms with van der Waals surface area (Å²) < 4.78 is 10.3. The summed E-state index contributed by atoms with van der Waals surface area (Å²) in [5.74, 6) is -2.87. The van der Waals surface area contributed by atoms with Crippen LogP contribution in [0.3, 0.4) is 0 Å². The molecule has 0 aromatic heterocycles. The minimum atomic E-state index is -0.998. The number of esters is 2. The quantitative estimate of drug-likeness (QED) is 0.270. The van der Waals surface area contributed by atoms with Gasteiger partial charge in [0, 0.05) is 30.3 Å². The predicted molar refractivity (Wildman–Crippen MR) is 104 cm³/mol. The zero-order valence-corrected chi connectivity index (χ0v) is 15.5. The highest BCUT2D eigenvalue weighted by Crippen LogP contribution is 2.32. The fourth-order valence-electron chi connectivity index (χ4n) is 2.47. The van der Waals surface area contributed by atoms with E-state index in [0.29, 0.717) is 0 Å². The van der Waals surface area contributed by atoms with Crippen LogP contribution in [-0.2, 0) is 0 Å². The van der Waals surface area contributed by atoms with Crippen LogP contribution in [0.2, 0.25) is 0 Å². The topological polar surface area (TPSA) is 159 Å². The lowest BCUT2D eigenvalue weighted by Crippen LogP contribution is -2.13. The van der Waals surface area contributed by atoms with E-state index < -0.39 is 21.8 Å². The van der Waals surface area contributed by atoms with Crippen molar-refractivity contribution in [2.45, 2.75) is 0 Å². The number of carbonyl (C=O) groups excluding carboxylic acids is 2. The summed E-state index contributed by atoms with van der Waals surface area (Å²) in [7, 11) is 0. The van der Waals surface area contributed by atoms with Gasteiger partial charge >= 0.3 is 11.9 Å². The minimum absolute atomic E-state index is 0.127.